The maximum absolute atomic E-state index is 12.9. The summed E-state index contributed by atoms with van der Waals surface area (Å²) in [5, 5.41) is 21.5. The lowest BCUT2D eigenvalue weighted by Crippen LogP contribution is -2.54. The van der Waals surface area contributed by atoms with E-state index in [1.807, 2.05) is 30.3 Å². The van der Waals surface area contributed by atoms with E-state index in [0.717, 1.165) is 23.7 Å². The van der Waals surface area contributed by atoms with Crippen LogP contribution in [0.15, 0.2) is 30.3 Å². The van der Waals surface area contributed by atoms with Crippen LogP contribution in [0.2, 0.25) is 0 Å². The minimum absolute atomic E-state index is 0.0592. The largest absolute Gasteiger partial charge is 0.396 e. The van der Waals surface area contributed by atoms with E-state index in [1.54, 1.807) is 6.92 Å². The summed E-state index contributed by atoms with van der Waals surface area (Å²) in [6, 6.07) is 10.3. The molecule has 2 aromatic rings. The molecule has 0 spiro atoms. The average Bonchev–Trinajstić information content (AvgIpc) is 2.83. The number of para-hydroxylation sites is 1. The van der Waals surface area contributed by atoms with Crippen LogP contribution in [0.5, 0.6) is 0 Å². The molecule has 1 aromatic carbocycles. The zero-order valence-electron chi connectivity index (χ0n) is 20.4. The van der Waals surface area contributed by atoms with Gasteiger partial charge in [0.2, 0.25) is 0 Å². The van der Waals surface area contributed by atoms with E-state index >= 15 is 0 Å². The average molecular weight is 456 g/mol. The number of pyridine rings is 1. The van der Waals surface area contributed by atoms with Crippen LogP contribution in [0.25, 0.3) is 10.9 Å². The van der Waals surface area contributed by atoms with Crippen molar-refractivity contribution in [2.24, 2.45) is 11.1 Å². The fourth-order valence-corrected chi connectivity index (χ4v) is 5.02. The van der Waals surface area contributed by atoms with Crippen LogP contribution in [0.4, 0.5) is 5.82 Å². The Balaban J connectivity index is 1.87. The summed E-state index contributed by atoms with van der Waals surface area (Å²) in [7, 11) is 0. The zero-order valence-corrected chi connectivity index (χ0v) is 20.4. The standard InChI is InChI=1S/C26H41N5O2/c1-4-23(30-20-12-7-6-8-13-20)26(5-2,17-32)16-28-24-21(25(33)29-18(3)27)15-19-11-9-10-14-22(19)31-24/h9-11,14-15,18,20,23,30,32H,4-8,12-13,16-17,27H2,1-3H3,(H,28,31)(H,29,33). The molecule has 1 aliphatic carbocycles. The fourth-order valence-electron chi connectivity index (χ4n) is 5.02. The van der Waals surface area contributed by atoms with Gasteiger partial charge in [-0.25, -0.2) is 4.98 Å². The maximum atomic E-state index is 12.9. The molecule has 0 aliphatic heterocycles. The molecule has 1 amide bonds. The van der Waals surface area contributed by atoms with Gasteiger partial charge in [-0.05, 0) is 44.7 Å². The summed E-state index contributed by atoms with van der Waals surface area (Å²) in [6.45, 7) is 6.61. The van der Waals surface area contributed by atoms with Crippen LogP contribution in [0.1, 0.15) is 76.1 Å². The lowest BCUT2D eigenvalue weighted by atomic mass is 9.76. The summed E-state index contributed by atoms with van der Waals surface area (Å²) < 4.78 is 0. The van der Waals surface area contributed by atoms with E-state index in [9.17, 15) is 9.90 Å². The van der Waals surface area contributed by atoms with Crippen molar-refractivity contribution >= 4 is 22.6 Å². The van der Waals surface area contributed by atoms with Gasteiger partial charge >= 0.3 is 0 Å². The van der Waals surface area contributed by atoms with Gasteiger partial charge in [0.25, 0.3) is 5.91 Å². The third-order valence-electron chi connectivity index (χ3n) is 7.14. The number of nitrogens with one attached hydrogen (secondary N) is 3. The molecule has 1 aromatic heterocycles. The molecule has 0 radical (unpaired) electrons. The number of fused-ring (bicyclic) bond motifs is 1. The highest BCUT2D eigenvalue weighted by molar-refractivity contribution is 6.02. The Bertz CT molecular complexity index is 907. The van der Waals surface area contributed by atoms with Crippen LogP contribution >= 0.6 is 0 Å². The molecule has 1 aliphatic rings. The van der Waals surface area contributed by atoms with Crippen molar-refractivity contribution in [3.8, 4) is 0 Å². The number of nitrogens with two attached hydrogens (primary N) is 1. The monoisotopic (exact) mass is 455 g/mol. The first-order valence-electron chi connectivity index (χ1n) is 12.5. The third-order valence-corrected chi connectivity index (χ3v) is 7.14. The van der Waals surface area contributed by atoms with Crippen molar-refractivity contribution < 1.29 is 9.90 Å². The predicted molar refractivity (Wildman–Crippen MR) is 135 cm³/mol. The first-order chi connectivity index (χ1) is 15.9. The van der Waals surface area contributed by atoms with E-state index in [4.69, 9.17) is 10.7 Å². The first kappa shape index (κ1) is 25.4. The van der Waals surface area contributed by atoms with Gasteiger partial charge in [0, 0.05) is 29.4 Å². The molecule has 6 N–H and O–H groups in total. The number of benzene rings is 1. The molecule has 33 heavy (non-hydrogen) atoms. The Morgan fingerprint density at radius 2 is 1.97 bits per heavy atom. The van der Waals surface area contributed by atoms with Gasteiger partial charge in [0.1, 0.15) is 5.82 Å². The number of amides is 1. The van der Waals surface area contributed by atoms with E-state index in [2.05, 4.69) is 29.8 Å². The van der Waals surface area contributed by atoms with Crippen LogP contribution < -0.4 is 21.7 Å². The van der Waals surface area contributed by atoms with E-state index < -0.39 is 6.17 Å². The quantitative estimate of drug-likeness (QED) is 0.330. The lowest BCUT2D eigenvalue weighted by molar-refractivity contribution is 0.0767. The highest BCUT2D eigenvalue weighted by atomic mass is 16.3. The van der Waals surface area contributed by atoms with Crippen molar-refractivity contribution in [1.29, 1.82) is 0 Å². The number of rotatable bonds is 11. The van der Waals surface area contributed by atoms with Crippen LogP contribution in [-0.4, -0.2) is 47.4 Å². The molecule has 0 bridgehead atoms. The van der Waals surface area contributed by atoms with Crippen LogP contribution in [-0.2, 0) is 0 Å². The smallest absolute Gasteiger partial charge is 0.256 e. The summed E-state index contributed by atoms with van der Waals surface area (Å²) in [5.74, 6) is 0.259. The van der Waals surface area contributed by atoms with Crippen molar-refractivity contribution in [1.82, 2.24) is 15.6 Å². The van der Waals surface area contributed by atoms with E-state index in [1.165, 1.54) is 32.1 Å². The van der Waals surface area contributed by atoms with Gasteiger partial charge in [-0.2, -0.15) is 0 Å². The van der Waals surface area contributed by atoms with Gasteiger partial charge < -0.3 is 26.8 Å². The Hall–Kier alpha value is -2.22. The number of aromatic nitrogens is 1. The second kappa shape index (κ2) is 11.8. The Kier molecular flexibility index (Phi) is 9.06. The SMILES string of the molecule is CCC(NC1CCCCC1)C(CC)(CO)CNc1nc2ccccc2cc1C(=O)NC(C)N. The fraction of sp³-hybridized carbons (Fsp3) is 0.615. The third kappa shape index (κ3) is 6.22. The summed E-state index contributed by atoms with van der Waals surface area (Å²) >= 11 is 0. The van der Waals surface area contributed by atoms with Gasteiger partial charge in [0.05, 0.1) is 23.9 Å². The van der Waals surface area contributed by atoms with Crippen molar-refractivity contribution in [2.45, 2.75) is 84.0 Å². The second-order valence-electron chi connectivity index (χ2n) is 9.53. The molecule has 1 saturated carbocycles. The number of nitrogens with zero attached hydrogens (tertiary/aromatic N) is 1. The number of aliphatic hydroxyl groups is 1. The van der Waals surface area contributed by atoms with Gasteiger partial charge in [-0.1, -0.05) is 51.3 Å². The highest BCUT2D eigenvalue weighted by Gasteiger charge is 2.37. The molecule has 1 heterocycles. The van der Waals surface area contributed by atoms with Crippen LogP contribution in [0.3, 0.4) is 0 Å². The number of aliphatic hydroxyl groups excluding tert-OH is 1. The molecule has 7 heteroatoms. The Labute approximate surface area is 197 Å². The minimum atomic E-state index is -0.465. The predicted octanol–water partition coefficient (Wildman–Crippen LogP) is 3.77. The molecular formula is C26H41N5O2. The van der Waals surface area contributed by atoms with E-state index in [-0.39, 0.29) is 24.0 Å². The van der Waals surface area contributed by atoms with Crippen molar-refractivity contribution in [3.63, 3.8) is 0 Å². The first-order valence-corrected chi connectivity index (χ1v) is 12.5. The second-order valence-corrected chi connectivity index (χ2v) is 9.53. The lowest BCUT2D eigenvalue weighted by Gasteiger charge is -2.42. The molecule has 1 fully saturated rings. The topological polar surface area (TPSA) is 112 Å². The molecule has 3 atom stereocenters. The van der Waals surface area contributed by atoms with Gasteiger partial charge in [-0.15, -0.1) is 0 Å². The summed E-state index contributed by atoms with van der Waals surface area (Å²) in [6.07, 6.45) is 7.52. The number of carbonyl (C=O) groups is 1. The van der Waals surface area contributed by atoms with Crippen LogP contribution in [0, 0.1) is 5.41 Å². The summed E-state index contributed by atoms with van der Waals surface area (Å²) in [5.41, 5.74) is 6.72. The van der Waals surface area contributed by atoms with Gasteiger partial charge in [0.15, 0.2) is 0 Å². The number of anilines is 1. The Morgan fingerprint density at radius 3 is 2.61 bits per heavy atom. The Morgan fingerprint density at radius 1 is 1.24 bits per heavy atom. The zero-order chi connectivity index (χ0) is 23.8. The number of hydrogen-bond acceptors (Lipinski definition) is 6. The molecular weight excluding hydrogens is 414 g/mol. The molecule has 0 saturated heterocycles. The van der Waals surface area contributed by atoms with E-state index in [0.29, 0.717) is 24.0 Å². The van der Waals surface area contributed by atoms with Crippen molar-refractivity contribution in [3.05, 3.63) is 35.9 Å². The maximum Gasteiger partial charge on any atom is 0.256 e. The highest BCUT2D eigenvalue weighted by Crippen LogP contribution is 2.31. The number of carbonyl (C=O) groups excluding carboxylic acids is 1. The number of hydrogen-bond donors (Lipinski definition) is 5. The summed E-state index contributed by atoms with van der Waals surface area (Å²) in [4.78, 5) is 17.7. The normalized spacial score (nSPS) is 18.5. The minimum Gasteiger partial charge on any atom is -0.396 e. The van der Waals surface area contributed by atoms with Crippen molar-refractivity contribution in [2.75, 3.05) is 18.5 Å². The molecule has 182 valence electrons. The van der Waals surface area contributed by atoms with Gasteiger partial charge in [-0.3, -0.25) is 4.79 Å². The molecule has 3 unspecified atom stereocenters. The molecule has 7 nitrogen and oxygen atoms in total. The molecule has 3 rings (SSSR count).